The van der Waals surface area contributed by atoms with Gasteiger partial charge in [0.05, 0.1) is 23.1 Å². The van der Waals surface area contributed by atoms with E-state index in [2.05, 4.69) is 10.5 Å². The molecule has 0 spiro atoms. The van der Waals surface area contributed by atoms with Gasteiger partial charge in [-0.15, -0.1) is 0 Å². The van der Waals surface area contributed by atoms with Crippen LogP contribution in [0, 0.1) is 11.3 Å². The molecular formula is C10H10N3NaO3S. The van der Waals surface area contributed by atoms with Crippen molar-refractivity contribution in [3.8, 4) is 6.07 Å². The molecule has 0 saturated heterocycles. The summed E-state index contributed by atoms with van der Waals surface area (Å²) in [6.45, 7) is 1.66. The molecule has 0 heterocycles. The van der Waals surface area contributed by atoms with Crippen LogP contribution in [0.15, 0.2) is 34.3 Å². The Morgan fingerprint density at radius 2 is 2.22 bits per heavy atom. The Labute approximate surface area is 128 Å². The molecule has 0 fully saturated rings. The molecule has 0 aliphatic heterocycles. The molecular weight excluding hydrogens is 265 g/mol. The fourth-order valence-corrected chi connectivity index (χ4v) is 1.55. The molecule has 0 atom stereocenters. The Hall–Kier alpha value is -0.910. The van der Waals surface area contributed by atoms with Crippen molar-refractivity contribution in [2.24, 2.45) is 5.10 Å². The van der Waals surface area contributed by atoms with Crippen molar-refractivity contribution in [1.29, 1.82) is 5.26 Å². The first kappa shape index (κ1) is 17.1. The first-order valence-corrected chi connectivity index (χ1v) is 6.06. The van der Waals surface area contributed by atoms with Crippen LogP contribution in [-0.4, -0.2) is 18.7 Å². The van der Waals surface area contributed by atoms with Crippen molar-refractivity contribution in [3.63, 3.8) is 0 Å². The predicted molar refractivity (Wildman–Crippen MR) is 61.4 cm³/mol. The predicted octanol–water partition coefficient (Wildman–Crippen LogP) is -1.70. The quantitative estimate of drug-likeness (QED) is 0.305. The summed E-state index contributed by atoms with van der Waals surface area (Å²) in [7, 11) is -4.46. The second-order valence-corrected chi connectivity index (χ2v) is 4.66. The molecule has 18 heavy (non-hydrogen) atoms. The van der Waals surface area contributed by atoms with Crippen LogP contribution in [0.25, 0.3) is 0 Å². The minimum atomic E-state index is -4.46. The van der Waals surface area contributed by atoms with Gasteiger partial charge >= 0.3 is 29.6 Å². The summed E-state index contributed by atoms with van der Waals surface area (Å²) in [6, 6.07) is 7.32. The summed E-state index contributed by atoms with van der Waals surface area (Å²) < 4.78 is 32.3. The van der Waals surface area contributed by atoms with Gasteiger partial charge < -0.3 is 4.55 Å². The van der Waals surface area contributed by atoms with Gasteiger partial charge in [-0.1, -0.05) is 6.07 Å². The Kier molecular flexibility index (Phi) is 7.13. The van der Waals surface area contributed by atoms with Crippen LogP contribution in [0.5, 0.6) is 0 Å². The van der Waals surface area contributed by atoms with E-state index in [0.29, 0.717) is 11.4 Å². The number of anilines is 1. The zero-order chi connectivity index (χ0) is 12.9. The number of nitrogens with one attached hydrogen (secondary N) is 1. The second-order valence-electron chi connectivity index (χ2n) is 3.28. The molecule has 1 N–H and O–H groups in total. The average molecular weight is 275 g/mol. The van der Waals surface area contributed by atoms with Crippen molar-refractivity contribution in [1.82, 2.24) is 0 Å². The summed E-state index contributed by atoms with van der Waals surface area (Å²) >= 11 is 0. The Balaban J connectivity index is 0.00000289. The van der Waals surface area contributed by atoms with E-state index >= 15 is 0 Å². The van der Waals surface area contributed by atoms with Crippen LogP contribution in [0.4, 0.5) is 5.69 Å². The van der Waals surface area contributed by atoms with Gasteiger partial charge in [-0.3, -0.25) is 5.43 Å². The van der Waals surface area contributed by atoms with Crippen molar-refractivity contribution >= 4 is 21.5 Å². The monoisotopic (exact) mass is 275 g/mol. The van der Waals surface area contributed by atoms with Crippen LogP contribution < -0.4 is 35.0 Å². The van der Waals surface area contributed by atoms with Gasteiger partial charge in [-0.2, -0.15) is 10.4 Å². The maximum atomic E-state index is 10.8. The molecule has 0 amide bonds. The summed E-state index contributed by atoms with van der Waals surface area (Å²) in [5.74, 6) is 0. The van der Waals surface area contributed by atoms with E-state index in [1.54, 1.807) is 13.0 Å². The molecule has 0 radical (unpaired) electrons. The summed E-state index contributed by atoms with van der Waals surface area (Å²) in [4.78, 5) is -0.323. The van der Waals surface area contributed by atoms with Crippen molar-refractivity contribution in [2.75, 3.05) is 5.43 Å². The normalized spacial score (nSPS) is 11.3. The van der Waals surface area contributed by atoms with Crippen molar-refractivity contribution in [3.05, 3.63) is 24.3 Å². The van der Waals surface area contributed by atoms with Gasteiger partial charge in [-0.05, 0) is 25.1 Å². The zero-order valence-electron chi connectivity index (χ0n) is 10.0. The van der Waals surface area contributed by atoms with E-state index in [0.717, 1.165) is 0 Å². The minimum Gasteiger partial charge on any atom is -0.744 e. The average Bonchev–Trinajstić information content (AvgIpc) is 2.26. The molecule has 1 rings (SSSR count). The standard InChI is InChI=1S/C10H11N3O3S.Na/c1-8(5-6-11)12-13-9-3-2-4-10(7-9)17(14,15)16;/h2-4,7,13H,5H2,1H3,(H,14,15,16);/q;+1/p-1/b12-8-;. The first-order valence-electron chi connectivity index (χ1n) is 4.65. The SMILES string of the molecule is C/C(CC#N)=N/Nc1cccc(S(=O)(=O)[O-])c1.[Na+]. The number of hydrazone groups is 1. The number of nitriles is 1. The van der Waals surface area contributed by atoms with E-state index in [-0.39, 0.29) is 40.9 Å². The molecule has 90 valence electrons. The summed E-state index contributed by atoms with van der Waals surface area (Å²) in [6.07, 6.45) is 0.173. The van der Waals surface area contributed by atoms with E-state index in [9.17, 15) is 13.0 Å². The Morgan fingerprint density at radius 1 is 1.56 bits per heavy atom. The van der Waals surface area contributed by atoms with Gasteiger partial charge in [-0.25, -0.2) is 8.42 Å². The molecule has 0 aliphatic rings. The van der Waals surface area contributed by atoms with Crippen LogP contribution in [0.1, 0.15) is 13.3 Å². The Bertz CT molecular complexity index is 578. The third kappa shape index (κ3) is 5.62. The third-order valence-electron chi connectivity index (χ3n) is 1.83. The molecule has 0 aromatic heterocycles. The van der Waals surface area contributed by atoms with E-state index < -0.39 is 10.1 Å². The largest absolute Gasteiger partial charge is 1.00 e. The van der Waals surface area contributed by atoms with E-state index in [1.165, 1.54) is 18.2 Å². The molecule has 0 aliphatic carbocycles. The van der Waals surface area contributed by atoms with E-state index in [4.69, 9.17) is 5.26 Å². The van der Waals surface area contributed by atoms with Gasteiger partial charge in [0.25, 0.3) is 0 Å². The third-order valence-corrected chi connectivity index (χ3v) is 2.66. The first-order chi connectivity index (χ1) is 7.93. The van der Waals surface area contributed by atoms with Crippen LogP contribution in [0.3, 0.4) is 0 Å². The number of rotatable bonds is 4. The maximum Gasteiger partial charge on any atom is 1.00 e. The molecule has 0 unspecified atom stereocenters. The zero-order valence-corrected chi connectivity index (χ0v) is 12.9. The van der Waals surface area contributed by atoms with Crippen LogP contribution in [-0.2, 0) is 10.1 Å². The Morgan fingerprint density at radius 3 is 2.78 bits per heavy atom. The molecule has 1 aromatic carbocycles. The molecule has 1 aromatic rings. The van der Waals surface area contributed by atoms with Gasteiger partial charge in [0.1, 0.15) is 10.1 Å². The van der Waals surface area contributed by atoms with Crippen LogP contribution >= 0.6 is 0 Å². The number of hydrogen-bond donors (Lipinski definition) is 1. The fraction of sp³-hybridized carbons (Fsp3) is 0.200. The van der Waals surface area contributed by atoms with Gasteiger partial charge in [0.2, 0.25) is 0 Å². The summed E-state index contributed by atoms with van der Waals surface area (Å²) in [5, 5.41) is 12.3. The molecule has 0 saturated carbocycles. The molecule has 6 nitrogen and oxygen atoms in total. The maximum absolute atomic E-state index is 10.8. The number of hydrogen-bond acceptors (Lipinski definition) is 6. The van der Waals surface area contributed by atoms with Gasteiger partial charge in [0, 0.05) is 5.71 Å². The second kappa shape index (κ2) is 7.51. The summed E-state index contributed by atoms with van der Waals surface area (Å²) in [5.41, 5.74) is 3.51. The topological polar surface area (TPSA) is 105 Å². The molecule has 8 heteroatoms. The minimum absolute atomic E-state index is 0. The fourth-order valence-electron chi connectivity index (χ4n) is 1.04. The number of nitrogens with zero attached hydrogens (tertiary/aromatic N) is 2. The van der Waals surface area contributed by atoms with E-state index in [1.807, 2.05) is 6.07 Å². The van der Waals surface area contributed by atoms with Crippen molar-refractivity contribution < 1.29 is 42.5 Å². The smallest absolute Gasteiger partial charge is 0.744 e. The van der Waals surface area contributed by atoms with Crippen molar-refractivity contribution in [2.45, 2.75) is 18.2 Å². The van der Waals surface area contributed by atoms with Gasteiger partial charge in [0.15, 0.2) is 0 Å². The molecule has 0 bridgehead atoms. The number of benzene rings is 1. The van der Waals surface area contributed by atoms with Crippen LogP contribution in [0.2, 0.25) is 0 Å².